The lowest BCUT2D eigenvalue weighted by Gasteiger charge is -2.16. The van der Waals surface area contributed by atoms with Crippen LogP contribution in [0.3, 0.4) is 0 Å². The van der Waals surface area contributed by atoms with E-state index in [1.807, 2.05) is 6.92 Å². The fourth-order valence-corrected chi connectivity index (χ4v) is 2.12. The molecule has 0 fully saturated rings. The lowest BCUT2D eigenvalue weighted by molar-refractivity contribution is 0.227. The molecule has 0 radical (unpaired) electrons. The van der Waals surface area contributed by atoms with Gasteiger partial charge in [-0.05, 0) is 43.9 Å². The first-order chi connectivity index (χ1) is 9.43. The summed E-state index contributed by atoms with van der Waals surface area (Å²) in [7, 11) is 3.42. The number of rotatable bonds is 5. The van der Waals surface area contributed by atoms with Gasteiger partial charge in [-0.25, -0.2) is 4.98 Å². The summed E-state index contributed by atoms with van der Waals surface area (Å²) in [6, 6.07) is 1.47. The molecule has 1 rings (SSSR count). The maximum atomic E-state index is 11.7. The predicted molar refractivity (Wildman–Crippen MR) is 82.6 cm³/mol. The summed E-state index contributed by atoms with van der Waals surface area (Å²) in [6.45, 7) is 8.85. The van der Waals surface area contributed by atoms with Gasteiger partial charge in [-0.1, -0.05) is 12.5 Å². The Bertz CT molecular complexity index is 595. The largest absolute Gasteiger partial charge is 0.380 e. The van der Waals surface area contributed by atoms with Crippen molar-refractivity contribution in [1.29, 1.82) is 0 Å². The molecule has 0 spiro atoms. The first-order valence-corrected chi connectivity index (χ1v) is 6.81. The maximum Gasteiger partial charge on any atom is 0.253 e. The van der Waals surface area contributed by atoms with E-state index in [0.29, 0.717) is 12.4 Å². The third kappa shape index (κ3) is 3.45. The van der Waals surface area contributed by atoms with Crippen molar-refractivity contribution in [1.82, 2.24) is 9.55 Å². The molecule has 0 N–H and O–H groups in total. The topological polar surface area (TPSA) is 44.1 Å². The minimum Gasteiger partial charge on any atom is -0.380 e. The van der Waals surface area contributed by atoms with Crippen molar-refractivity contribution in [3.8, 4) is 0 Å². The second kappa shape index (κ2) is 7.20. The zero-order valence-corrected chi connectivity index (χ0v) is 13.3. The highest BCUT2D eigenvalue weighted by Crippen LogP contribution is 2.24. The smallest absolute Gasteiger partial charge is 0.253 e. The fourth-order valence-electron chi connectivity index (χ4n) is 2.12. The van der Waals surface area contributed by atoms with Crippen LogP contribution in [-0.2, 0) is 11.8 Å². The van der Waals surface area contributed by atoms with Gasteiger partial charge in [-0.2, -0.15) is 0 Å². The first-order valence-electron chi connectivity index (χ1n) is 6.81. The standard InChI is InChI=1S/C16H24N2O2/c1-7-11(2)12(3)14(10-20-6)13(4)16-17-9-8-15(19)18(16)5/h8-9H,7,10H2,1-6H3/b12-11+,14-13-. The van der Waals surface area contributed by atoms with Crippen molar-refractivity contribution in [3.63, 3.8) is 0 Å². The molecule has 0 atom stereocenters. The Morgan fingerprint density at radius 3 is 2.55 bits per heavy atom. The highest BCUT2D eigenvalue weighted by atomic mass is 16.5. The van der Waals surface area contributed by atoms with E-state index in [1.165, 1.54) is 17.2 Å². The van der Waals surface area contributed by atoms with Crippen LogP contribution in [0.1, 0.15) is 39.9 Å². The second-order valence-electron chi connectivity index (χ2n) is 4.96. The van der Waals surface area contributed by atoms with Gasteiger partial charge in [0.15, 0.2) is 0 Å². The molecule has 4 heteroatoms. The summed E-state index contributed by atoms with van der Waals surface area (Å²) >= 11 is 0. The third-order valence-electron chi connectivity index (χ3n) is 3.76. The van der Waals surface area contributed by atoms with E-state index >= 15 is 0 Å². The number of hydrogen-bond acceptors (Lipinski definition) is 3. The predicted octanol–water partition coefficient (Wildman–Crippen LogP) is 2.95. The highest BCUT2D eigenvalue weighted by molar-refractivity contribution is 5.67. The number of hydrogen-bond donors (Lipinski definition) is 0. The van der Waals surface area contributed by atoms with Gasteiger partial charge in [0, 0.05) is 26.4 Å². The Kier molecular flexibility index (Phi) is 5.89. The summed E-state index contributed by atoms with van der Waals surface area (Å²) in [5.41, 5.74) is 4.56. The van der Waals surface area contributed by atoms with E-state index in [1.54, 1.807) is 24.9 Å². The number of allylic oxidation sites excluding steroid dienone is 2. The monoisotopic (exact) mass is 276 g/mol. The molecule has 0 saturated carbocycles. The van der Waals surface area contributed by atoms with E-state index in [-0.39, 0.29) is 5.56 Å². The molecular weight excluding hydrogens is 252 g/mol. The van der Waals surface area contributed by atoms with Crippen LogP contribution in [-0.4, -0.2) is 23.3 Å². The number of nitrogens with zero attached hydrogens (tertiary/aromatic N) is 2. The molecule has 0 amide bonds. The van der Waals surface area contributed by atoms with Crippen molar-refractivity contribution >= 4 is 5.57 Å². The van der Waals surface area contributed by atoms with Crippen molar-refractivity contribution in [2.24, 2.45) is 7.05 Å². The van der Waals surface area contributed by atoms with Crippen molar-refractivity contribution in [2.75, 3.05) is 13.7 Å². The van der Waals surface area contributed by atoms with Gasteiger partial charge in [0.25, 0.3) is 5.56 Å². The third-order valence-corrected chi connectivity index (χ3v) is 3.76. The summed E-state index contributed by atoms with van der Waals surface area (Å²) < 4.78 is 6.89. The van der Waals surface area contributed by atoms with Crippen LogP contribution in [0.2, 0.25) is 0 Å². The number of ether oxygens (including phenoxy) is 1. The molecule has 0 saturated heterocycles. The van der Waals surface area contributed by atoms with Gasteiger partial charge in [0.1, 0.15) is 5.82 Å². The molecule has 1 aromatic rings. The van der Waals surface area contributed by atoms with Gasteiger partial charge in [-0.15, -0.1) is 0 Å². The Morgan fingerprint density at radius 2 is 2.00 bits per heavy atom. The quantitative estimate of drug-likeness (QED) is 0.777. The normalized spacial score (nSPS) is 13.9. The van der Waals surface area contributed by atoms with E-state index in [0.717, 1.165) is 17.6 Å². The molecule has 1 aromatic heterocycles. The number of aromatic nitrogens is 2. The molecule has 0 aliphatic carbocycles. The Hall–Kier alpha value is -1.68. The summed E-state index contributed by atoms with van der Waals surface area (Å²) in [4.78, 5) is 16.1. The second-order valence-corrected chi connectivity index (χ2v) is 4.96. The summed E-state index contributed by atoms with van der Waals surface area (Å²) in [5.74, 6) is 0.688. The van der Waals surface area contributed by atoms with Gasteiger partial charge < -0.3 is 4.74 Å². The minimum atomic E-state index is -0.0556. The molecule has 1 heterocycles. The molecule has 0 unspecified atom stereocenters. The van der Waals surface area contributed by atoms with Crippen molar-refractivity contribution in [2.45, 2.75) is 34.1 Å². The summed E-state index contributed by atoms with van der Waals surface area (Å²) in [6.07, 6.45) is 2.55. The Labute approximate surface area is 120 Å². The Balaban J connectivity index is 3.50. The van der Waals surface area contributed by atoms with Crippen LogP contribution in [0.5, 0.6) is 0 Å². The first kappa shape index (κ1) is 16.4. The minimum absolute atomic E-state index is 0.0556. The van der Waals surface area contributed by atoms with Gasteiger partial charge in [-0.3, -0.25) is 9.36 Å². The lowest BCUT2D eigenvalue weighted by Crippen LogP contribution is -2.20. The van der Waals surface area contributed by atoms with Gasteiger partial charge >= 0.3 is 0 Å². The van der Waals surface area contributed by atoms with Gasteiger partial charge in [0.2, 0.25) is 0 Å². The molecular formula is C16H24N2O2. The van der Waals surface area contributed by atoms with E-state index in [9.17, 15) is 4.79 Å². The van der Waals surface area contributed by atoms with Crippen LogP contribution in [0, 0.1) is 0 Å². The Morgan fingerprint density at radius 1 is 1.35 bits per heavy atom. The lowest BCUT2D eigenvalue weighted by atomic mass is 9.96. The highest BCUT2D eigenvalue weighted by Gasteiger charge is 2.12. The molecule has 4 nitrogen and oxygen atoms in total. The maximum absolute atomic E-state index is 11.7. The molecule has 0 bridgehead atoms. The van der Waals surface area contributed by atoms with Crippen LogP contribution in [0.25, 0.3) is 5.57 Å². The summed E-state index contributed by atoms with van der Waals surface area (Å²) in [5, 5.41) is 0. The zero-order chi connectivity index (χ0) is 15.3. The molecule has 0 aromatic carbocycles. The number of methoxy groups -OCH3 is 1. The van der Waals surface area contributed by atoms with Crippen LogP contribution < -0.4 is 5.56 Å². The van der Waals surface area contributed by atoms with E-state index in [2.05, 4.69) is 25.8 Å². The van der Waals surface area contributed by atoms with Crippen molar-refractivity contribution < 1.29 is 4.74 Å². The van der Waals surface area contributed by atoms with E-state index < -0.39 is 0 Å². The molecule has 0 aliphatic rings. The molecule has 20 heavy (non-hydrogen) atoms. The molecule has 110 valence electrons. The van der Waals surface area contributed by atoms with E-state index in [4.69, 9.17) is 4.74 Å². The van der Waals surface area contributed by atoms with Crippen LogP contribution in [0.4, 0.5) is 0 Å². The fraction of sp³-hybridized carbons (Fsp3) is 0.500. The molecule has 0 aliphatic heterocycles. The average Bonchev–Trinajstić information content (AvgIpc) is 2.45. The van der Waals surface area contributed by atoms with Crippen molar-refractivity contribution in [3.05, 3.63) is 45.2 Å². The van der Waals surface area contributed by atoms with Crippen LogP contribution >= 0.6 is 0 Å². The zero-order valence-electron chi connectivity index (χ0n) is 13.3. The average molecular weight is 276 g/mol. The SMILES string of the molecule is CC/C(C)=C(C)/C(COC)=C(/C)c1nccc(=O)n1C. The van der Waals surface area contributed by atoms with Crippen LogP contribution in [0.15, 0.2) is 33.8 Å². The van der Waals surface area contributed by atoms with Gasteiger partial charge in [0.05, 0.1) is 6.61 Å².